The maximum absolute atomic E-state index is 11.7. The molecule has 82 valence electrons. The molecule has 4 heteroatoms. The Kier molecular flexibility index (Phi) is 3.46. The van der Waals surface area contributed by atoms with E-state index in [4.69, 9.17) is 0 Å². The molecule has 0 unspecified atom stereocenters. The van der Waals surface area contributed by atoms with Crippen molar-refractivity contribution in [1.29, 1.82) is 0 Å². The van der Waals surface area contributed by atoms with E-state index in [9.17, 15) is 4.79 Å². The molecular formula is C11H14BrNOS. The van der Waals surface area contributed by atoms with E-state index >= 15 is 0 Å². The smallest absolute Gasteiger partial charge is 0.261 e. The van der Waals surface area contributed by atoms with Gasteiger partial charge in [-0.25, -0.2) is 0 Å². The molecule has 0 radical (unpaired) electrons. The fraction of sp³-hybridized carbons (Fsp3) is 0.545. The molecule has 0 atom stereocenters. The maximum atomic E-state index is 11.7. The summed E-state index contributed by atoms with van der Waals surface area (Å²) in [7, 11) is 0. The molecule has 1 amide bonds. The van der Waals surface area contributed by atoms with Gasteiger partial charge in [-0.1, -0.05) is 13.3 Å². The van der Waals surface area contributed by atoms with Crippen molar-refractivity contribution in [2.24, 2.45) is 0 Å². The number of halogens is 1. The minimum Gasteiger partial charge on any atom is -0.349 e. The molecule has 1 heterocycles. The lowest BCUT2D eigenvalue weighted by atomic mass is 10.3. The lowest BCUT2D eigenvalue weighted by Gasteiger charge is -1.98. The molecule has 1 N–H and O–H groups in total. The van der Waals surface area contributed by atoms with Crippen LogP contribution in [0.2, 0.25) is 0 Å². The maximum Gasteiger partial charge on any atom is 0.261 e. The number of thiophene rings is 1. The number of amides is 1. The molecule has 1 aromatic rings. The second kappa shape index (κ2) is 4.66. The summed E-state index contributed by atoms with van der Waals surface area (Å²) in [6.07, 6.45) is 4.44. The molecule has 1 fully saturated rings. The van der Waals surface area contributed by atoms with E-state index in [0.717, 1.165) is 35.0 Å². The van der Waals surface area contributed by atoms with Gasteiger partial charge in [-0.05, 0) is 41.3 Å². The van der Waals surface area contributed by atoms with Gasteiger partial charge in [-0.2, -0.15) is 0 Å². The van der Waals surface area contributed by atoms with Gasteiger partial charge in [-0.3, -0.25) is 4.79 Å². The van der Waals surface area contributed by atoms with Gasteiger partial charge in [0.25, 0.3) is 5.91 Å². The van der Waals surface area contributed by atoms with Crippen molar-refractivity contribution in [3.63, 3.8) is 0 Å². The minimum absolute atomic E-state index is 0.0885. The third-order valence-electron chi connectivity index (χ3n) is 2.37. The molecule has 2 rings (SSSR count). The zero-order chi connectivity index (χ0) is 10.8. The van der Waals surface area contributed by atoms with Crippen LogP contribution in [-0.4, -0.2) is 11.9 Å². The number of rotatable bonds is 4. The van der Waals surface area contributed by atoms with E-state index in [-0.39, 0.29) is 5.91 Å². The zero-order valence-corrected chi connectivity index (χ0v) is 11.1. The van der Waals surface area contributed by atoms with Gasteiger partial charge in [0, 0.05) is 15.4 Å². The summed E-state index contributed by atoms with van der Waals surface area (Å²) >= 11 is 5.10. The highest BCUT2D eigenvalue weighted by molar-refractivity contribution is 9.10. The average molecular weight is 288 g/mol. The molecule has 0 bridgehead atoms. The van der Waals surface area contributed by atoms with Gasteiger partial charge >= 0.3 is 0 Å². The van der Waals surface area contributed by atoms with Gasteiger partial charge in [0.2, 0.25) is 0 Å². The van der Waals surface area contributed by atoms with Crippen LogP contribution in [0.25, 0.3) is 0 Å². The highest BCUT2D eigenvalue weighted by Gasteiger charge is 2.24. The second-order valence-electron chi connectivity index (χ2n) is 3.88. The van der Waals surface area contributed by atoms with Crippen LogP contribution in [0, 0.1) is 0 Å². The molecule has 0 aromatic carbocycles. The molecule has 15 heavy (non-hydrogen) atoms. The van der Waals surface area contributed by atoms with Crippen LogP contribution < -0.4 is 5.32 Å². The van der Waals surface area contributed by atoms with Crippen molar-refractivity contribution in [2.75, 3.05) is 0 Å². The monoisotopic (exact) mass is 287 g/mol. The van der Waals surface area contributed by atoms with Crippen molar-refractivity contribution in [1.82, 2.24) is 5.32 Å². The molecule has 0 saturated heterocycles. The molecule has 2 nitrogen and oxygen atoms in total. The lowest BCUT2D eigenvalue weighted by Crippen LogP contribution is -2.24. The van der Waals surface area contributed by atoms with Gasteiger partial charge < -0.3 is 5.32 Å². The summed E-state index contributed by atoms with van der Waals surface area (Å²) in [5.41, 5.74) is 0. The first kappa shape index (κ1) is 11.1. The predicted octanol–water partition coefficient (Wildman–Crippen LogP) is 3.36. The zero-order valence-electron chi connectivity index (χ0n) is 8.68. The Bertz CT molecular complexity index is 371. The van der Waals surface area contributed by atoms with Gasteiger partial charge in [0.05, 0.1) is 4.88 Å². The highest BCUT2D eigenvalue weighted by atomic mass is 79.9. The van der Waals surface area contributed by atoms with E-state index in [1.165, 1.54) is 4.88 Å². The normalized spacial score (nSPS) is 15.3. The van der Waals surface area contributed by atoms with Crippen LogP contribution in [0.3, 0.4) is 0 Å². The van der Waals surface area contributed by atoms with Crippen molar-refractivity contribution in [3.8, 4) is 0 Å². The first-order valence-corrected chi connectivity index (χ1v) is 6.90. The third-order valence-corrected chi connectivity index (χ3v) is 4.53. The topological polar surface area (TPSA) is 29.1 Å². The van der Waals surface area contributed by atoms with E-state index in [1.807, 2.05) is 6.07 Å². The fourth-order valence-corrected chi connectivity index (χ4v) is 3.28. The van der Waals surface area contributed by atoms with Crippen molar-refractivity contribution < 1.29 is 4.79 Å². The van der Waals surface area contributed by atoms with Gasteiger partial charge in [0.1, 0.15) is 0 Å². The van der Waals surface area contributed by atoms with E-state index in [1.54, 1.807) is 11.3 Å². The number of hydrogen-bond acceptors (Lipinski definition) is 2. The van der Waals surface area contributed by atoms with Crippen LogP contribution in [0.1, 0.15) is 40.7 Å². The molecule has 1 aliphatic rings. The quantitative estimate of drug-likeness (QED) is 0.904. The average Bonchev–Trinajstić information content (AvgIpc) is 2.92. The van der Waals surface area contributed by atoms with Crippen molar-refractivity contribution in [3.05, 3.63) is 20.3 Å². The number of carbonyl (C=O) groups is 1. The first-order valence-electron chi connectivity index (χ1n) is 5.29. The Morgan fingerprint density at radius 1 is 1.67 bits per heavy atom. The van der Waals surface area contributed by atoms with Gasteiger partial charge in [0.15, 0.2) is 0 Å². The Morgan fingerprint density at radius 3 is 3.00 bits per heavy atom. The van der Waals surface area contributed by atoms with Crippen LogP contribution in [-0.2, 0) is 6.42 Å². The first-order chi connectivity index (χ1) is 7.20. The van der Waals surface area contributed by atoms with E-state index in [0.29, 0.717) is 6.04 Å². The lowest BCUT2D eigenvalue weighted by molar-refractivity contribution is 0.0955. The molecular weight excluding hydrogens is 274 g/mol. The van der Waals surface area contributed by atoms with Crippen LogP contribution in [0.15, 0.2) is 10.5 Å². The standard InChI is InChI=1S/C11H14BrNOS/c1-2-3-9-8(12)6-10(15-9)11(14)13-7-4-5-7/h6-7H,2-5H2,1H3,(H,13,14). The molecule has 0 aliphatic heterocycles. The molecule has 1 aromatic heterocycles. The fourth-order valence-electron chi connectivity index (χ4n) is 1.40. The van der Waals surface area contributed by atoms with E-state index < -0.39 is 0 Å². The summed E-state index contributed by atoms with van der Waals surface area (Å²) in [6, 6.07) is 2.38. The summed E-state index contributed by atoms with van der Waals surface area (Å²) in [6.45, 7) is 2.15. The van der Waals surface area contributed by atoms with Crippen molar-refractivity contribution in [2.45, 2.75) is 38.6 Å². The van der Waals surface area contributed by atoms with E-state index in [2.05, 4.69) is 28.2 Å². The summed E-state index contributed by atoms with van der Waals surface area (Å²) < 4.78 is 1.08. The third kappa shape index (κ3) is 2.82. The minimum atomic E-state index is 0.0885. The number of aryl methyl sites for hydroxylation is 1. The van der Waals surface area contributed by atoms with Crippen molar-refractivity contribution >= 4 is 33.2 Å². The summed E-state index contributed by atoms with van der Waals surface area (Å²) in [5, 5.41) is 3.00. The highest BCUT2D eigenvalue weighted by Crippen LogP contribution is 2.29. The number of hydrogen-bond donors (Lipinski definition) is 1. The Labute approximate surface area is 102 Å². The van der Waals surface area contributed by atoms with Crippen LogP contribution in [0.4, 0.5) is 0 Å². The number of carbonyl (C=O) groups excluding carboxylic acids is 1. The Balaban J connectivity index is 2.06. The molecule has 1 aliphatic carbocycles. The van der Waals surface area contributed by atoms with Gasteiger partial charge in [-0.15, -0.1) is 11.3 Å². The molecule has 0 spiro atoms. The van der Waals surface area contributed by atoms with Crippen LogP contribution >= 0.6 is 27.3 Å². The largest absolute Gasteiger partial charge is 0.349 e. The Hall–Kier alpha value is -0.350. The second-order valence-corrected chi connectivity index (χ2v) is 5.87. The molecule has 1 saturated carbocycles. The number of nitrogens with one attached hydrogen (secondary N) is 1. The summed E-state index contributed by atoms with van der Waals surface area (Å²) in [4.78, 5) is 13.9. The SMILES string of the molecule is CCCc1sc(C(=O)NC2CC2)cc1Br. The van der Waals surface area contributed by atoms with Crippen LogP contribution in [0.5, 0.6) is 0 Å². The Morgan fingerprint density at radius 2 is 2.40 bits per heavy atom. The predicted molar refractivity (Wildman–Crippen MR) is 66.5 cm³/mol. The summed E-state index contributed by atoms with van der Waals surface area (Å²) in [5.74, 6) is 0.0885.